The van der Waals surface area contributed by atoms with Gasteiger partial charge in [-0.1, -0.05) is 49.4 Å². The van der Waals surface area contributed by atoms with E-state index in [9.17, 15) is 83.3 Å². The minimum atomic E-state index is -4.56. The average Bonchev–Trinajstić information content (AvgIpc) is 1.65. The molecule has 0 spiro atoms. The first-order chi connectivity index (χ1) is 69.4. The Labute approximate surface area is 818 Å². The predicted octanol–water partition coefficient (Wildman–Crippen LogP) is 20.0. The fourth-order valence-electron chi connectivity index (χ4n) is 16.3. The lowest BCUT2D eigenvalue weighted by molar-refractivity contribution is -0.138. The number of rotatable bonds is 22. The first-order valence-corrected chi connectivity index (χ1v) is 45.4. The number of H-pyrrole nitrogens is 4. The average molecular weight is 1990 g/mol. The molecule has 19 rings (SSSR count). The van der Waals surface area contributed by atoms with Crippen LogP contribution in [0.5, 0.6) is 5.75 Å². The van der Waals surface area contributed by atoms with E-state index in [4.69, 9.17) is 4.74 Å². The zero-order chi connectivity index (χ0) is 103. The Hall–Kier alpha value is -17.3. The fraction of sp³-hybridized carbons (Fsp3) is 0.270. The Kier molecular flexibility index (Phi) is 29.6. The van der Waals surface area contributed by atoms with E-state index < -0.39 is 47.0 Å². The van der Waals surface area contributed by atoms with Gasteiger partial charge < -0.3 is 70.9 Å². The Morgan fingerprint density at radius 2 is 0.772 bits per heavy atom. The van der Waals surface area contributed by atoms with Crippen molar-refractivity contribution < 1.29 is 67.0 Å². The molecule has 33 nitrogen and oxygen atoms in total. The standard InChI is InChI=1S/C26H24F3N7O.C25H24F3N9.C25H20F3N7O.C24H20F3N7O/c1-15(16-3-5-19(6-4-16)37-20-7-8-36(2)14-20)34-25-33-11-17(10-30)23(35-25)22-13-32-24-21(22)9-18(12-31-24)26(27,28)29;1-15(16-3-4-21(30-11-16)37-7-5-36(2)6-8-37)34-24-33-12-17(10-29)22(35-24)20-14-32-23-19(20)9-18(13-31-23)25(26,27)28;1-14(15-4-6-18(7-5-15)35-8-2-3-21(35)36)33-24-32-11-16(10-29)22(34-24)20-13-31-23-19(20)9-17(12-30-23)25(26,27)28;1-3-20(35)33-17-6-4-14(5-7-17)13(2)32-23-31-10-15(9-28)21(34-23)19-12-30-22-18(19)8-16(11-29-22)24(25,26)27/h3-6,9,11-13,15,20H,7-8,14H2,1-2H3,(H,31,32)(H,33,34,35);3-4,9,11-15H,5-8H2,1-2H3,(H,31,32)(H,33,34,35);4-7,9,11-14H,2-3,8H2,1H3,(H,30,31)(H,32,33,34);4-8,10-13H,3H2,1-2H3,(H,29,30)(H,33,35)(H,31,32,34)/t15-,20+;15-;14-;13-/m1111/s1. The zero-order valence-electron chi connectivity index (χ0n) is 78.2. The summed E-state index contributed by atoms with van der Waals surface area (Å²) >= 11 is 0. The number of halogens is 12. The summed E-state index contributed by atoms with van der Waals surface area (Å²) in [4.78, 5) is 98.2. The van der Waals surface area contributed by atoms with Crippen LogP contribution >= 0.6 is 0 Å². The molecule has 0 radical (unpaired) electrons. The molecule has 3 aliphatic heterocycles. The van der Waals surface area contributed by atoms with Crippen molar-refractivity contribution in [3.63, 3.8) is 0 Å². The van der Waals surface area contributed by atoms with Crippen LogP contribution in [0.15, 0.2) is 190 Å². The van der Waals surface area contributed by atoms with Gasteiger partial charge in [0.2, 0.25) is 35.6 Å². The number of nitrogens with one attached hydrogen (secondary N) is 9. The lowest BCUT2D eigenvalue weighted by atomic mass is 10.1. The second-order valence-corrected chi connectivity index (χ2v) is 34.4. The van der Waals surface area contributed by atoms with Crippen LogP contribution in [0.25, 0.3) is 89.2 Å². The van der Waals surface area contributed by atoms with E-state index in [-0.39, 0.29) is 155 Å². The fourth-order valence-corrected chi connectivity index (χ4v) is 16.3. The number of likely N-dealkylation sites (tertiary alicyclic amines) is 1. The molecule has 5 atom stereocenters. The largest absolute Gasteiger partial charge is 0.489 e. The van der Waals surface area contributed by atoms with Gasteiger partial charge in [0, 0.05) is 170 Å². The first kappa shape index (κ1) is 101. The quantitative estimate of drug-likeness (QED) is 0.0285. The van der Waals surface area contributed by atoms with Crippen molar-refractivity contribution >= 4 is 96.9 Å². The number of hydrogen-bond donors (Lipinski definition) is 9. The van der Waals surface area contributed by atoms with Crippen LogP contribution in [0.4, 0.5) is 93.7 Å². The Balaban J connectivity index is 0.000000139. The molecule has 3 aromatic carbocycles. The number of carbonyl (C=O) groups is 2. The number of aromatic nitrogens is 17. The van der Waals surface area contributed by atoms with Crippen molar-refractivity contribution in [3.8, 4) is 75.1 Å². The molecule has 2 amide bonds. The Morgan fingerprint density at radius 3 is 1.08 bits per heavy atom. The summed E-state index contributed by atoms with van der Waals surface area (Å²) in [5.41, 5.74) is 5.27. The van der Waals surface area contributed by atoms with Gasteiger partial charge in [0.25, 0.3) is 0 Å². The van der Waals surface area contributed by atoms with Gasteiger partial charge in [0.15, 0.2) is 0 Å². The van der Waals surface area contributed by atoms with Gasteiger partial charge in [-0.05, 0) is 144 Å². The second-order valence-electron chi connectivity index (χ2n) is 34.4. The first-order valence-electron chi connectivity index (χ1n) is 45.4. The number of hydrogen-bond acceptors (Lipinski definition) is 27. The molecule has 45 heteroatoms. The molecule has 0 unspecified atom stereocenters. The van der Waals surface area contributed by atoms with E-state index in [0.717, 1.165) is 141 Å². The van der Waals surface area contributed by atoms with Crippen LogP contribution in [0, 0.1) is 45.3 Å². The summed E-state index contributed by atoms with van der Waals surface area (Å²) in [5, 5.41) is 54.6. The van der Waals surface area contributed by atoms with Crippen molar-refractivity contribution in [2.45, 2.75) is 115 Å². The summed E-state index contributed by atoms with van der Waals surface area (Å²) in [6, 6.07) is 37.7. The van der Waals surface area contributed by atoms with Crippen LogP contribution < -0.4 is 41.1 Å². The number of alkyl halides is 12. The molecule has 3 aliphatic rings. The maximum atomic E-state index is 13.3. The van der Waals surface area contributed by atoms with Gasteiger partial charge in [0.05, 0.1) is 116 Å². The maximum absolute atomic E-state index is 13.3. The molecule has 0 saturated carbocycles. The van der Waals surface area contributed by atoms with Gasteiger partial charge in [-0.2, -0.15) is 73.7 Å². The highest BCUT2D eigenvalue weighted by Crippen LogP contribution is 2.42. The van der Waals surface area contributed by atoms with E-state index in [1.54, 1.807) is 30.2 Å². The van der Waals surface area contributed by atoms with Crippen LogP contribution in [0.3, 0.4) is 0 Å². The smallest absolute Gasteiger partial charge is 0.417 e. The molecule has 16 heterocycles. The molecule has 0 bridgehead atoms. The number of amides is 2. The van der Waals surface area contributed by atoms with Crippen molar-refractivity contribution in [2.24, 2.45) is 0 Å². The number of ether oxygens (including phenoxy) is 1. The molecule has 9 N–H and O–H groups in total. The van der Waals surface area contributed by atoms with Gasteiger partial charge in [-0.15, -0.1) is 0 Å². The minimum Gasteiger partial charge on any atom is -0.489 e. The van der Waals surface area contributed by atoms with Crippen LogP contribution in [0.1, 0.15) is 151 Å². The number of aromatic amines is 4. The molecule has 3 saturated heterocycles. The molecule has 3 fully saturated rings. The van der Waals surface area contributed by atoms with Gasteiger partial charge in [-0.25, -0.2) is 64.8 Å². The van der Waals surface area contributed by atoms with E-state index in [2.05, 4.69) is 140 Å². The van der Waals surface area contributed by atoms with Gasteiger partial charge in [0.1, 0.15) is 64.5 Å². The van der Waals surface area contributed by atoms with E-state index in [1.165, 1.54) is 49.6 Å². The number of anilines is 7. The van der Waals surface area contributed by atoms with Crippen molar-refractivity contribution in [1.29, 1.82) is 21.0 Å². The zero-order valence-corrected chi connectivity index (χ0v) is 78.2. The third-order valence-corrected chi connectivity index (χ3v) is 24.4. The molecular weight excluding hydrogens is 1900 g/mol. The van der Waals surface area contributed by atoms with Crippen molar-refractivity contribution in [2.75, 3.05) is 96.3 Å². The summed E-state index contributed by atoms with van der Waals surface area (Å²) in [7, 11) is 4.18. The van der Waals surface area contributed by atoms with Crippen molar-refractivity contribution in [3.05, 3.63) is 257 Å². The number of likely N-dealkylation sites (N-methyl/N-ethyl adjacent to an activating group) is 2. The van der Waals surface area contributed by atoms with E-state index in [1.807, 2.05) is 125 Å². The van der Waals surface area contributed by atoms with E-state index in [0.29, 0.717) is 47.3 Å². The molecule has 0 aliphatic carbocycles. The highest BCUT2D eigenvalue weighted by atomic mass is 19.4. The second kappa shape index (κ2) is 42.6. The number of nitrogens with zero attached hydrogens (tertiary/aromatic N) is 21. The number of nitriles is 4. The summed E-state index contributed by atoms with van der Waals surface area (Å²) in [6.07, 6.45) is 0.909. The van der Waals surface area contributed by atoms with Crippen LogP contribution in [-0.2, 0) is 34.3 Å². The third-order valence-electron chi connectivity index (χ3n) is 24.4. The Bertz CT molecular complexity index is 7610. The minimum absolute atomic E-state index is 0.0859. The van der Waals surface area contributed by atoms with Gasteiger partial charge >= 0.3 is 24.7 Å². The number of carbonyl (C=O) groups excluding carboxylic acids is 2. The Morgan fingerprint density at radius 1 is 0.428 bits per heavy atom. The predicted molar refractivity (Wildman–Crippen MR) is 516 cm³/mol. The number of piperazine rings is 1. The van der Waals surface area contributed by atoms with Crippen molar-refractivity contribution in [1.82, 2.24) is 94.5 Å². The number of pyridine rings is 5. The normalized spacial score (nSPS) is 14.9. The SMILES string of the molecule is CCC(=O)Nc1ccc([C@@H](C)Nc2ncc(C#N)c(-c3c[nH]c4ncc(C(F)(F)F)cc34)n2)cc1.C[C@@H](Nc1ncc(C#N)c(-c2c[nH]c3ncc(C(F)(F)F)cc23)n1)c1ccc(N2CCCC2=O)cc1.C[C@@H](Nc1ncc(C#N)c(-c2c[nH]c3ncc(C(F)(F)F)cc23)n1)c1ccc(N2CCN(C)CC2)nc1.C[C@@H](Nc1ncc(C#N)c(-c2c[nH]c3ncc(C(F)(F)F)cc23)n1)c1ccc(O[C@H]2CCN(C)C2)cc1. The molecule has 145 heavy (non-hydrogen) atoms. The lowest BCUT2D eigenvalue weighted by Crippen LogP contribution is -2.44. The molecule has 16 aromatic rings. The molecule has 740 valence electrons. The molecular formula is C100H88F12N30O3. The van der Waals surface area contributed by atoms with Gasteiger partial charge in [-0.3, -0.25) is 9.59 Å². The highest BCUT2D eigenvalue weighted by Gasteiger charge is 2.37. The number of benzene rings is 3. The lowest BCUT2D eigenvalue weighted by Gasteiger charge is -2.33. The summed E-state index contributed by atoms with van der Waals surface area (Å²) in [6.45, 7) is 15.9. The van der Waals surface area contributed by atoms with E-state index >= 15 is 0 Å². The monoisotopic (exact) mass is 1980 g/mol. The third kappa shape index (κ3) is 23.5. The van der Waals surface area contributed by atoms with Crippen LogP contribution in [-0.4, -0.2) is 172 Å². The summed E-state index contributed by atoms with van der Waals surface area (Å²) < 4.78 is 165. The molecule has 13 aromatic heterocycles. The summed E-state index contributed by atoms with van der Waals surface area (Å²) in [5.74, 6) is 2.64. The number of fused-ring (bicyclic) bond motifs is 4. The van der Waals surface area contributed by atoms with Crippen LogP contribution in [0.2, 0.25) is 0 Å². The topological polar surface area (TPSA) is 442 Å². The highest BCUT2D eigenvalue weighted by molar-refractivity contribution is 5.99. The maximum Gasteiger partial charge on any atom is 0.417 e.